The second-order valence-corrected chi connectivity index (χ2v) is 3.41. The Morgan fingerprint density at radius 1 is 1.44 bits per heavy atom. The van der Waals surface area contributed by atoms with Gasteiger partial charge in [0.05, 0.1) is 10.3 Å². The van der Waals surface area contributed by atoms with Crippen molar-refractivity contribution in [3.05, 3.63) is 45.8 Å². The number of aromatic nitrogens is 1. The Bertz CT molecular complexity index is 629. The Labute approximate surface area is 91.1 Å². The van der Waals surface area contributed by atoms with Gasteiger partial charge in [0.2, 0.25) is 0 Å². The second-order valence-electron chi connectivity index (χ2n) is 3.41. The van der Waals surface area contributed by atoms with Crippen molar-refractivity contribution in [2.45, 2.75) is 6.92 Å². The molecule has 0 saturated carbocycles. The van der Waals surface area contributed by atoms with Crippen molar-refractivity contribution in [3.63, 3.8) is 0 Å². The molecule has 0 amide bonds. The number of rotatable bonds is 1. The SMILES string of the molecule is Cc1cc([N+](=O)[O-])c2ccnc(C#N)c2c1. The normalized spacial score (nSPS) is 10.0. The Hall–Kier alpha value is -2.48. The molecule has 2 aromatic rings. The van der Waals surface area contributed by atoms with Crippen molar-refractivity contribution < 1.29 is 4.92 Å². The van der Waals surface area contributed by atoms with Crippen LogP contribution in [0.4, 0.5) is 5.69 Å². The van der Waals surface area contributed by atoms with Crippen LogP contribution in [0.15, 0.2) is 24.4 Å². The molecule has 0 aliphatic heterocycles. The highest BCUT2D eigenvalue weighted by atomic mass is 16.6. The maximum Gasteiger partial charge on any atom is 0.277 e. The van der Waals surface area contributed by atoms with Crippen LogP contribution in [0.25, 0.3) is 10.8 Å². The number of fused-ring (bicyclic) bond motifs is 1. The van der Waals surface area contributed by atoms with Gasteiger partial charge in [-0.25, -0.2) is 4.98 Å². The Morgan fingerprint density at radius 3 is 2.81 bits per heavy atom. The summed E-state index contributed by atoms with van der Waals surface area (Å²) in [6, 6.07) is 6.70. The molecule has 5 heteroatoms. The molecule has 0 spiro atoms. The molecule has 0 fully saturated rings. The number of hydrogen-bond donors (Lipinski definition) is 0. The van der Waals surface area contributed by atoms with E-state index in [1.54, 1.807) is 19.1 Å². The molecule has 0 radical (unpaired) electrons. The van der Waals surface area contributed by atoms with Gasteiger partial charge in [0.25, 0.3) is 5.69 Å². The summed E-state index contributed by atoms with van der Waals surface area (Å²) in [6.07, 6.45) is 1.41. The number of nitro benzene ring substituents is 1. The van der Waals surface area contributed by atoms with E-state index in [9.17, 15) is 10.1 Å². The zero-order valence-electron chi connectivity index (χ0n) is 8.47. The molecule has 0 saturated heterocycles. The summed E-state index contributed by atoms with van der Waals surface area (Å²) < 4.78 is 0. The molecule has 16 heavy (non-hydrogen) atoms. The third kappa shape index (κ3) is 1.46. The number of non-ortho nitro benzene ring substituents is 1. The summed E-state index contributed by atoms with van der Waals surface area (Å²) in [6.45, 7) is 1.75. The molecule has 5 nitrogen and oxygen atoms in total. The lowest BCUT2D eigenvalue weighted by Crippen LogP contribution is -1.93. The monoisotopic (exact) mass is 213 g/mol. The van der Waals surface area contributed by atoms with Gasteiger partial charge in [0, 0.05) is 17.6 Å². The first-order chi connectivity index (χ1) is 7.63. The molecule has 0 aliphatic rings. The van der Waals surface area contributed by atoms with Gasteiger partial charge < -0.3 is 0 Å². The van der Waals surface area contributed by atoms with Gasteiger partial charge in [0.1, 0.15) is 11.8 Å². The first-order valence-corrected chi connectivity index (χ1v) is 4.57. The highest BCUT2D eigenvalue weighted by Gasteiger charge is 2.14. The molecular weight excluding hydrogens is 206 g/mol. The Kier molecular flexibility index (Phi) is 2.25. The minimum absolute atomic E-state index is 0.00824. The highest BCUT2D eigenvalue weighted by molar-refractivity contribution is 5.94. The van der Waals surface area contributed by atoms with Gasteiger partial charge in [-0.2, -0.15) is 5.26 Å². The lowest BCUT2D eigenvalue weighted by atomic mass is 10.1. The lowest BCUT2D eigenvalue weighted by Gasteiger charge is -2.02. The fourth-order valence-electron chi connectivity index (χ4n) is 1.65. The fourth-order valence-corrected chi connectivity index (χ4v) is 1.65. The maximum atomic E-state index is 10.9. The number of nitriles is 1. The van der Waals surface area contributed by atoms with E-state index in [2.05, 4.69) is 4.98 Å². The molecule has 2 rings (SSSR count). The van der Waals surface area contributed by atoms with E-state index in [1.807, 2.05) is 6.07 Å². The van der Waals surface area contributed by atoms with Crippen molar-refractivity contribution >= 4 is 16.5 Å². The average Bonchev–Trinajstić information content (AvgIpc) is 2.27. The summed E-state index contributed by atoms with van der Waals surface area (Å²) in [7, 11) is 0. The number of hydrogen-bond acceptors (Lipinski definition) is 4. The smallest absolute Gasteiger partial charge is 0.258 e. The van der Waals surface area contributed by atoms with E-state index < -0.39 is 4.92 Å². The van der Waals surface area contributed by atoms with E-state index in [1.165, 1.54) is 12.3 Å². The third-order valence-electron chi connectivity index (χ3n) is 2.31. The molecule has 1 aromatic carbocycles. The molecule has 1 aromatic heterocycles. The van der Waals surface area contributed by atoms with Gasteiger partial charge in [-0.15, -0.1) is 0 Å². The van der Waals surface area contributed by atoms with Crippen LogP contribution in [0, 0.1) is 28.4 Å². The topological polar surface area (TPSA) is 79.8 Å². The molecular formula is C11H7N3O2. The summed E-state index contributed by atoms with van der Waals surface area (Å²) in [5.41, 5.74) is 0.960. The van der Waals surface area contributed by atoms with E-state index in [4.69, 9.17) is 5.26 Å². The average molecular weight is 213 g/mol. The minimum atomic E-state index is -0.448. The van der Waals surface area contributed by atoms with Crippen LogP contribution in [-0.4, -0.2) is 9.91 Å². The van der Waals surface area contributed by atoms with Crippen molar-refractivity contribution in [2.75, 3.05) is 0 Å². The predicted octanol–water partition coefficient (Wildman–Crippen LogP) is 2.32. The van der Waals surface area contributed by atoms with Crippen LogP contribution in [-0.2, 0) is 0 Å². The van der Waals surface area contributed by atoms with Crippen LogP contribution in [0.3, 0.4) is 0 Å². The van der Waals surface area contributed by atoms with E-state index >= 15 is 0 Å². The molecule has 0 unspecified atom stereocenters. The summed E-state index contributed by atoms with van der Waals surface area (Å²) >= 11 is 0. The third-order valence-corrected chi connectivity index (χ3v) is 2.31. The summed E-state index contributed by atoms with van der Waals surface area (Å²) in [5.74, 6) is 0. The van der Waals surface area contributed by atoms with Gasteiger partial charge >= 0.3 is 0 Å². The molecule has 0 N–H and O–H groups in total. The van der Waals surface area contributed by atoms with Gasteiger partial charge in [-0.05, 0) is 24.6 Å². The fraction of sp³-hybridized carbons (Fsp3) is 0.0909. The van der Waals surface area contributed by atoms with Crippen LogP contribution in [0.1, 0.15) is 11.3 Å². The molecule has 0 aliphatic carbocycles. The van der Waals surface area contributed by atoms with Crippen molar-refractivity contribution in [1.82, 2.24) is 4.98 Å². The molecule has 1 heterocycles. The summed E-state index contributed by atoms with van der Waals surface area (Å²) in [4.78, 5) is 14.3. The van der Waals surface area contributed by atoms with E-state index in [-0.39, 0.29) is 11.4 Å². The number of benzene rings is 1. The number of nitro groups is 1. The van der Waals surface area contributed by atoms with Crippen molar-refractivity contribution in [2.24, 2.45) is 0 Å². The quantitative estimate of drug-likeness (QED) is 0.537. The highest BCUT2D eigenvalue weighted by Crippen LogP contribution is 2.28. The number of aryl methyl sites for hydroxylation is 1. The minimum Gasteiger partial charge on any atom is -0.258 e. The molecule has 0 bridgehead atoms. The molecule has 78 valence electrons. The van der Waals surface area contributed by atoms with Crippen molar-refractivity contribution in [1.29, 1.82) is 5.26 Å². The van der Waals surface area contributed by atoms with E-state index in [0.717, 1.165) is 5.56 Å². The summed E-state index contributed by atoms with van der Waals surface area (Å²) in [5, 5.41) is 20.7. The van der Waals surface area contributed by atoms with Crippen molar-refractivity contribution in [3.8, 4) is 6.07 Å². The maximum absolute atomic E-state index is 10.9. The van der Waals surface area contributed by atoms with Crippen LogP contribution in [0.2, 0.25) is 0 Å². The van der Waals surface area contributed by atoms with E-state index in [0.29, 0.717) is 10.8 Å². The zero-order chi connectivity index (χ0) is 11.7. The zero-order valence-corrected chi connectivity index (χ0v) is 8.47. The standard InChI is InChI=1S/C11H7N3O2/c1-7-4-9-8(11(5-7)14(15)16)2-3-13-10(9)6-12/h2-5H,1H3. The van der Waals surface area contributed by atoms with Crippen LogP contribution in [0.5, 0.6) is 0 Å². The number of pyridine rings is 1. The second kappa shape index (κ2) is 3.59. The van der Waals surface area contributed by atoms with Gasteiger partial charge in [-0.1, -0.05) is 0 Å². The molecule has 0 atom stereocenters. The first-order valence-electron chi connectivity index (χ1n) is 4.57. The largest absolute Gasteiger partial charge is 0.277 e. The van der Waals surface area contributed by atoms with Gasteiger partial charge in [-0.3, -0.25) is 10.1 Å². The van der Waals surface area contributed by atoms with Gasteiger partial charge in [0.15, 0.2) is 0 Å². The van der Waals surface area contributed by atoms with Crippen LogP contribution >= 0.6 is 0 Å². The predicted molar refractivity (Wildman–Crippen MR) is 57.8 cm³/mol. The Balaban J connectivity index is 2.95. The number of nitrogens with zero attached hydrogens (tertiary/aromatic N) is 3. The Morgan fingerprint density at radius 2 is 2.19 bits per heavy atom. The first kappa shape index (κ1) is 10.1. The lowest BCUT2D eigenvalue weighted by molar-refractivity contribution is -0.383. The van der Waals surface area contributed by atoms with Crippen LogP contribution < -0.4 is 0 Å².